The number of anilines is 1. The van der Waals surface area contributed by atoms with Crippen molar-refractivity contribution in [2.45, 2.75) is 81.2 Å². The molecule has 0 saturated carbocycles. The van der Waals surface area contributed by atoms with E-state index >= 15 is 4.79 Å². The van der Waals surface area contributed by atoms with Gasteiger partial charge in [-0.2, -0.15) is 0 Å². The molecule has 8 atom stereocenters. The maximum Gasteiger partial charge on any atom is 0.312 e. The lowest BCUT2D eigenvalue weighted by Gasteiger charge is -2.39. The number of amides is 3. The largest absolute Gasteiger partial charge is 0.460 e. The van der Waals surface area contributed by atoms with Gasteiger partial charge in [0.2, 0.25) is 11.8 Å². The molecule has 3 aliphatic heterocycles. The lowest BCUT2D eigenvalue weighted by molar-refractivity contribution is -0.159. The summed E-state index contributed by atoms with van der Waals surface area (Å²) in [6.07, 6.45) is 3.30. The first kappa shape index (κ1) is 36.5. The highest BCUT2D eigenvalue weighted by molar-refractivity contribution is 9.09. The molecule has 11 heteroatoms. The number of fused-ring (bicyclic) bond motifs is 1. The average Bonchev–Trinajstić information content (AvgIpc) is 3.68. The van der Waals surface area contributed by atoms with E-state index in [0.717, 1.165) is 16.7 Å². The predicted octanol–water partition coefficient (Wildman–Crippen LogP) is 4.19. The fraction of sp³-hybridized carbons (Fsp3) is 0.474. The van der Waals surface area contributed by atoms with E-state index in [1.54, 1.807) is 24.0 Å². The molecule has 3 aliphatic rings. The number of ether oxygens (including phenoxy) is 2. The maximum absolute atomic E-state index is 15.1. The molecule has 1 spiro atoms. The summed E-state index contributed by atoms with van der Waals surface area (Å²) >= 11 is 3.72. The van der Waals surface area contributed by atoms with Gasteiger partial charge in [-0.3, -0.25) is 19.2 Å². The Kier molecular flexibility index (Phi) is 11.5. The van der Waals surface area contributed by atoms with Gasteiger partial charge in [0.1, 0.15) is 17.7 Å². The normalized spacial score (nSPS) is 26.5. The number of likely N-dealkylation sites (tertiary alicyclic amines) is 1. The Morgan fingerprint density at radius 2 is 1.92 bits per heavy atom. The molecule has 2 bridgehead atoms. The molecular formula is C38H46BrN3O7. The van der Waals surface area contributed by atoms with Crippen molar-refractivity contribution in [1.29, 1.82) is 0 Å². The van der Waals surface area contributed by atoms with Crippen LogP contribution in [0.1, 0.15) is 42.9 Å². The number of carbonyl (C=O) groups excluding carboxylic acids is 4. The van der Waals surface area contributed by atoms with Crippen LogP contribution in [0.2, 0.25) is 0 Å². The number of nitrogens with one attached hydrogen (secondary N) is 1. The van der Waals surface area contributed by atoms with Crippen LogP contribution >= 0.6 is 15.9 Å². The molecule has 5 rings (SSSR count). The SMILES string of the molecule is C=CCCC(=O)NC[C@@H](C)OC(=O)[C@H]1[C@@H]2O[C@@]3(CC2Br)[C@@H]1C(=O)N([C@@H](CO)Cc1ccccc1)[C@@H]3C(=O)N(CC=C)c1cc(C)ccc1C. The predicted molar refractivity (Wildman–Crippen MR) is 190 cm³/mol. The minimum atomic E-state index is -1.36. The third kappa shape index (κ3) is 7.11. The minimum Gasteiger partial charge on any atom is -0.460 e. The second-order valence-electron chi connectivity index (χ2n) is 13.3. The summed E-state index contributed by atoms with van der Waals surface area (Å²) < 4.78 is 12.5. The zero-order valence-electron chi connectivity index (χ0n) is 28.3. The number of aliphatic hydroxyl groups excluding tert-OH is 1. The van der Waals surface area contributed by atoms with Gasteiger partial charge >= 0.3 is 5.97 Å². The standard InChI is InChI=1S/C38H46BrN3O7/c1-6-8-14-30(44)40-21-25(5)48-37(47)31-32-35(45)42(27(22-43)19-26-12-10-9-11-13-26)34(38(32)20-28(39)33(31)49-38)36(46)41(17-7-2)29-18-23(3)15-16-24(29)4/h6-7,9-13,15-16,18,25,27-28,31-34,43H,1-2,8,14,17,19-22H2,3-5H3,(H,40,44)/t25-,27-,28?,31-,32+,33-,34-,38+/m1/s1. The summed E-state index contributed by atoms with van der Waals surface area (Å²) in [6, 6.07) is 13.4. The van der Waals surface area contributed by atoms with Gasteiger partial charge in [-0.25, -0.2) is 0 Å². The number of aliphatic hydroxyl groups is 1. The molecule has 49 heavy (non-hydrogen) atoms. The molecule has 2 N–H and O–H groups in total. The van der Waals surface area contributed by atoms with Crippen LogP contribution in [0.25, 0.3) is 0 Å². The molecule has 3 heterocycles. The number of rotatable bonds is 15. The third-order valence-corrected chi connectivity index (χ3v) is 10.7. The summed E-state index contributed by atoms with van der Waals surface area (Å²) in [5.74, 6) is -3.64. The zero-order chi connectivity index (χ0) is 35.5. The van der Waals surface area contributed by atoms with Crippen molar-refractivity contribution in [3.05, 3.63) is 90.5 Å². The molecule has 3 fully saturated rings. The van der Waals surface area contributed by atoms with Crippen molar-refractivity contribution in [3.8, 4) is 0 Å². The lowest BCUT2D eigenvalue weighted by Crippen LogP contribution is -2.59. The Morgan fingerprint density at radius 1 is 1.18 bits per heavy atom. The number of esters is 1. The Morgan fingerprint density at radius 3 is 2.59 bits per heavy atom. The number of carbonyl (C=O) groups is 4. The summed E-state index contributed by atoms with van der Waals surface area (Å²) in [7, 11) is 0. The molecule has 0 aliphatic carbocycles. The number of allylic oxidation sites excluding steroid dienone is 1. The first-order valence-electron chi connectivity index (χ1n) is 16.8. The van der Waals surface area contributed by atoms with Crippen molar-refractivity contribution in [3.63, 3.8) is 0 Å². The molecule has 2 aromatic rings. The van der Waals surface area contributed by atoms with Crippen LogP contribution in [0.3, 0.4) is 0 Å². The van der Waals surface area contributed by atoms with Crippen molar-refractivity contribution >= 4 is 45.3 Å². The van der Waals surface area contributed by atoms with Crippen LogP contribution in [0, 0.1) is 25.7 Å². The molecule has 3 saturated heterocycles. The van der Waals surface area contributed by atoms with E-state index in [-0.39, 0.29) is 36.2 Å². The quantitative estimate of drug-likeness (QED) is 0.160. The summed E-state index contributed by atoms with van der Waals surface area (Å²) in [6.45, 7) is 13.0. The van der Waals surface area contributed by atoms with Gasteiger partial charge in [0.25, 0.3) is 5.91 Å². The molecule has 0 aromatic heterocycles. The Labute approximate surface area is 296 Å². The van der Waals surface area contributed by atoms with Crippen molar-refractivity contribution < 1.29 is 33.8 Å². The van der Waals surface area contributed by atoms with Crippen LogP contribution in [-0.2, 0) is 35.1 Å². The Bertz CT molecular complexity index is 1580. The molecule has 1 unspecified atom stereocenters. The van der Waals surface area contributed by atoms with Crippen LogP contribution < -0.4 is 10.2 Å². The van der Waals surface area contributed by atoms with E-state index in [0.29, 0.717) is 24.9 Å². The fourth-order valence-electron chi connectivity index (χ4n) is 7.64. The van der Waals surface area contributed by atoms with Gasteiger partial charge in [0.15, 0.2) is 0 Å². The molecule has 2 aromatic carbocycles. The van der Waals surface area contributed by atoms with Gasteiger partial charge in [0.05, 0.1) is 37.1 Å². The van der Waals surface area contributed by atoms with Crippen molar-refractivity contribution in [1.82, 2.24) is 10.2 Å². The summed E-state index contributed by atoms with van der Waals surface area (Å²) in [5.41, 5.74) is 2.04. The minimum absolute atomic E-state index is 0.102. The van der Waals surface area contributed by atoms with E-state index in [1.807, 2.05) is 62.4 Å². The number of benzene rings is 2. The second-order valence-corrected chi connectivity index (χ2v) is 14.5. The van der Waals surface area contributed by atoms with Gasteiger partial charge in [-0.1, -0.05) is 70.5 Å². The van der Waals surface area contributed by atoms with Gasteiger partial charge < -0.3 is 29.7 Å². The van der Waals surface area contributed by atoms with Crippen LogP contribution in [0.15, 0.2) is 73.8 Å². The highest BCUT2D eigenvalue weighted by Gasteiger charge is 2.77. The van der Waals surface area contributed by atoms with E-state index in [9.17, 15) is 19.5 Å². The third-order valence-electron chi connectivity index (χ3n) is 9.86. The smallest absolute Gasteiger partial charge is 0.312 e. The summed E-state index contributed by atoms with van der Waals surface area (Å²) in [5, 5.41) is 13.6. The highest BCUT2D eigenvalue weighted by Crippen LogP contribution is 2.61. The number of hydrogen-bond acceptors (Lipinski definition) is 7. The lowest BCUT2D eigenvalue weighted by atomic mass is 9.70. The maximum atomic E-state index is 15.1. The number of aryl methyl sites for hydroxylation is 2. The van der Waals surface area contributed by atoms with Gasteiger partial charge in [-0.15, -0.1) is 13.2 Å². The Balaban J connectivity index is 1.53. The molecule has 0 radical (unpaired) electrons. The number of hydrogen-bond donors (Lipinski definition) is 2. The number of nitrogens with zero attached hydrogens (tertiary/aromatic N) is 2. The first-order valence-corrected chi connectivity index (χ1v) is 17.7. The van der Waals surface area contributed by atoms with Crippen LogP contribution in [0.5, 0.6) is 0 Å². The average molecular weight is 737 g/mol. The summed E-state index contributed by atoms with van der Waals surface area (Å²) in [4.78, 5) is 58.8. The van der Waals surface area contributed by atoms with E-state index in [1.165, 1.54) is 4.90 Å². The zero-order valence-corrected chi connectivity index (χ0v) is 29.9. The highest BCUT2D eigenvalue weighted by atomic mass is 79.9. The number of alkyl halides is 1. The molecule has 262 valence electrons. The van der Waals surface area contributed by atoms with Gasteiger partial charge in [-0.05, 0) is 62.8 Å². The van der Waals surface area contributed by atoms with Gasteiger partial charge in [0, 0.05) is 23.5 Å². The molecule has 10 nitrogen and oxygen atoms in total. The second kappa shape index (κ2) is 15.4. The first-order chi connectivity index (χ1) is 23.5. The van der Waals surface area contributed by atoms with E-state index in [2.05, 4.69) is 34.4 Å². The number of halogens is 1. The van der Waals surface area contributed by atoms with E-state index in [4.69, 9.17) is 9.47 Å². The van der Waals surface area contributed by atoms with Crippen molar-refractivity contribution in [2.24, 2.45) is 11.8 Å². The van der Waals surface area contributed by atoms with Crippen molar-refractivity contribution in [2.75, 3.05) is 24.6 Å². The molecule has 3 amide bonds. The van der Waals surface area contributed by atoms with E-state index < -0.39 is 60.2 Å². The molecular weight excluding hydrogens is 690 g/mol. The Hall–Kier alpha value is -3.80. The topological polar surface area (TPSA) is 125 Å². The monoisotopic (exact) mass is 735 g/mol. The van der Waals surface area contributed by atoms with Crippen LogP contribution in [0.4, 0.5) is 5.69 Å². The van der Waals surface area contributed by atoms with Crippen LogP contribution in [-0.4, -0.2) is 88.1 Å². The fourth-order valence-corrected chi connectivity index (χ4v) is 8.58.